The number of piperidine rings is 1. The van der Waals surface area contributed by atoms with Crippen molar-refractivity contribution in [1.82, 2.24) is 25.6 Å². The van der Waals surface area contributed by atoms with Gasteiger partial charge in [-0.2, -0.15) is 4.73 Å². The number of fused-ring (bicyclic) bond motifs is 2. The third-order valence-electron chi connectivity index (χ3n) is 9.82. The summed E-state index contributed by atoms with van der Waals surface area (Å²) in [4.78, 5) is 74.8. The maximum atomic E-state index is 14.1. The molecule has 4 rings (SSSR count). The summed E-state index contributed by atoms with van der Waals surface area (Å²) in [5.74, 6) is -1.64. The number of nitrogens with zero attached hydrogens (tertiary/aromatic N) is 2. The van der Waals surface area contributed by atoms with Crippen LogP contribution in [0.2, 0.25) is 0 Å². The van der Waals surface area contributed by atoms with E-state index in [0.29, 0.717) is 32.2 Å². The second-order valence-corrected chi connectivity index (χ2v) is 14.7. The van der Waals surface area contributed by atoms with Gasteiger partial charge in [-0.3, -0.25) is 24.0 Å². The minimum atomic E-state index is -1.00. The van der Waals surface area contributed by atoms with Crippen LogP contribution in [0.25, 0.3) is 10.9 Å². The van der Waals surface area contributed by atoms with E-state index in [0.717, 1.165) is 55.0 Å². The van der Waals surface area contributed by atoms with Gasteiger partial charge in [0.05, 0.1) is 5.52 Å². The van der Waals surface area contributed by atoms with E-state index >= 15 is 0 Å². The van der Waals surface area contributed by atoms with E-state index in [1.807, 2.05) is 44.3 Å². The highest BCUT2D eigenvalue weighted by atomic mass is 32.2. The Balaban J connectivity index is 1.62. The van der Waals surface area contributed by atoms with Crippen molar-refractivity contribution in [3.8, 4) is 0 Å². The van der Waals surface area contributed by atoms with Crippen molar-refractivity contribution in [1.29, 1.82) is 0 Å². The van der Waals surface area contributed by atoms with Gasteiger partial charge >= 0.3 is 0 Å². The van der Waals surface area contributed by atoms with E-state index < -0.39 is 36.0 Å². The summed E-state index contributed by atoms with van der Waals surface area (Å²) in [5, 5.41) is 10.2. The fourth-order valence-corrected chi connectivity index (χ4v) is 7.75. The number of benzene rings is 1. The number of carbonyl (C=O) groups is 5. The van der Waals surface area contributed by atoms with Crippen molar-refractivity contribution in [3.63, 3.8) is 0 Å². The lowest BCUT2D eigenvalue weighted by atomic mass is 9.93. The number of carbonyl (C=O) groups excluding carboxylic acids is 5. The lowest BCUT2D eigenvalue weighted by molar-refractivity contribution is -0.147. The fourth-order valence-electron chi connectivity index (χ4n) is 6.83. The van der Waals surface area contributed by atoms with Gasteiger partial charge in [0.25, 0.3) is 0 Å². The van der Waals surface area contributed by atoms with Crippen molar-refractivity contribution in [3.05, 3.63) is 36.0 Å². The standard InChI is InChI=1S/C36H53N5O6S/c1-6-23(3)32-36(46)40-20-14-13-19-31(40)35(45)37-28(17-10-8-9-15-26(7-2)48-24(4)42)33(43)38-29(34(44)39-32)21-25-22-41(47-5)30-18-12-11-16-27(25)30/h11-12,16,18,22-23,26,28-29,31-32H,6-10,13-15,17,19-21H2,1-5H3,(H,37,45)(H,38,43)(H,39,44)/t23?,26?,28-,29-,31+,32-/m0/s1. The molecule has 2 aromatic rings. The number of para-hydroxylation sites is 1. The molecule has 6 atom stereocenters. The fraction of sp³-hybridized carbons (Fsp3) is 0.639. The van der Waals surface area contributed by atoms with Gasteiger partial charge in [0.1, 0.15) is 31.3 Å². The number of amides is 4. The normalized spacial score (nSPS) is 23.6. The summed E-state index contributed by atoms with van der Waals surface area (Å²) in [6.45, 7) is 7.98. The van der Waals surface area contributed by atoms with Crippen molar-refractivity contribution < 1.29 is 28.8 Å². The molecule has 1 aromatic heterocycles. The lowest BCUT2D eigenvalue weighted by Gasteiger charge is -2.39. The Labute approximate surface area is 288 Å². The van der Waals surface area contributed by atoms with E-state index in [9.17, 15) is 24.0 Å². The number of nitrogens with one attached hydrogen (secondary N) is 3. The van der Waals surface area contributed by atoms with Gasteiger partial charge in [-0.05, 0) is 56.1 Å². The van der Waals surface area contributed by atoms with E-state index in [1.165, 1.54) is 11.8 Å². The van der Waals surface area contributed by atoms with Crippen LogP contribution in [0.4, 0.5) is 0 Å². The van der Waals surface area contributed by atoms with Crippen LogP contribution in [0.3, 0.4) is 0 Å². The van der Waals surface area contributed by atoms with Gasteiger partial charge in [0.15, 0.2) is 5.12 Å². The minimum Gasteiger partial charge on any atom is -0.417 e. The molecule has 264 valence electrons. The Bertz CT molecular complexity index is 1450. The highest BCUT2D eigenvalue weighted by Gasteiger charge is 2.41. The average molecular weight is 684 g/mol. The van der Waals surface area contributed by atoms with Gasteiger partial charge in [-0.1, -0.05) is 76.4 Å². The first-order chi connectivity index (χ1) is 23.1. The number of hydrogen-bond donors (Lipinski definition) is 3. The van der Waals surface area contributed by atoms with E-state index in [2.05, 4.69) is 22.9 Å². The van der Waals surface area contributed by atoms with Crippen molar-refractivity contribution in [2.24, 2.45) is 5.92 Å². The molecule has 2 unspecified atom stereocenters. The summed E-state index contributed by atoms with van der Waals surface area (Å²) < 4.78 is 1.63. The Morgan fingerprint density at radius 1 is 0.958 bits per heavy atom. The third-order valence-corrected chi connectivity index (χ3v) is 11.1. The van der Waals surface area contributed by atoms with Crippen LogP contribution in [-0.4, -0.2) is 81.4 Å². The van der Waals surface area contributed by atoms with Gasteiger partial charge in [0.2, 0.25) is 23.6 Å². The zero-order chi connectivity index (χ0) is 34.8. The molecule has 11 nitrogen and oxygen atoms in total. The topological polar surface area (TPSA) is 139 Å². The van der Waals surface area contributed by atoms with Crippen molar-refractivity contribution in [2.75, 3.05) is 13.7 Å². The SMILES string of the molecule is CCC(CCCCC[C@@H]1NC(=O)[C@H]2CCCCN2C(=O)[C@H](C(C)CC)NC(=O)[C@H](Cc2cn(OC)c3ccccc23)NC1=O)SC(C)=O. The van der Waals surface area contributed by atoms with E-state index in [4.69, 9.17) is 4.84 Å². The Hall–Kier alpha value is -3.54. The second-order valence-electron chi connectivity index (χ2n) is 13.2. The summed E-state index contributed by atoms with van der Waals surface area (Å²) in [7, 11) is 1.56. The smallest absolute Gasteiger partial charge is 0.246 e. The molecule has 2 aliphatic rings. The number of rotatable bonds is 13. The molecule has 0 radical (unpaired) electrons. The molecule has 1 aromatic carbocycles. The van der Waals surface area contributed by atoms with Crippen LogP contribution in [0.15, 0.2) is 30.5 Å². The number of hydrogen-bond acceptors (Lipinski definition) is 7. The molecule has 4 amide bonds. The molecule has 2 saturated heterocycles. The van der Waals surface area contributed by atoms with Crippen LogP contribution < -0.4 is 20.8 Å². The average Bonchev–Trinajstić information content (AvgIpc) is 3.44. The van der Waals surface area contributed by atoms with Crippen LogP contribution in [-0.2, 0) is 30.4 Å². The molecular weight excluding hydrogens is 630 g/mol. The molecule has 0 aliphatic carbocycles. The Morgan fingerprint density at radius 2 is 1.69 bits per heavy atom. The summed E-state index contributed by atoms with van der Waals surface area (Å²) in [6, 6.07) is 4.27. The second kappa shape index (κ2) is 17.7. The van der Waals surface area contributed by atoms with Crippen LogP contribution in [0.5, 0.6) is 0 Å². The van der Waals surface area contributed by atoms with E-state index in [-0.39, 0.29) is 34.5 Å². The summed E-state index contributed by atoms with van der Waals surface area (Å²) in [5.41, 5.74) is 1.63. The van der Waals surface area contributed by atoms with Gasteiger partial charge in [-0.25, -0.2) is 0 Å². The van der Waals surface area contributed by atoms with E-state index in [1.54, 1.807) is 23.7 Å². The summed E-state index contributed by atoms with van der Waals surface area (Å²) in [6.07, 6.45) is 9.31. The van der Waals surface area contributed by atoms with Crippen molar-refractivity contribution in [2.45, 2.75) is 128 Å². The van der Waals surface area contributed by atoms with Crippen LogP contribution in [0.1, 0.15) is 97.5 Å². The first kappa shape index (κ1) is 37.3. The van der Waals surface area contributed by atoms with Gasteiger partial charge < -0.3 is 25.7 Å². The molecule has 48 heavy (non-hydrogen) atoms. The first-order valence-corrected chi connectivity index (χ1v) is 18.5. The molecule has 0 saturated carbocycles. The molecule has 2 aliphatic heterocycles. The van der Waals surface area contributed by atoms with Crippen LogP contribution in [0, 0.1) is 5.92 Å². The zero-order valence-corrected chi connectivity index (χ0v) is 29.9. The number of unbranched alkanes of at least 4 members (excludes halogenated alkanes) is 2. The first-order valence-electron chi connectivity index (χ1n) is 17.6. The van der Waals surface area contributed by atoms with Crippen molar-refractivity contribution >= 4 is 51.4 Å². The maximum Gasteiger partial charge on any atom is 0.246 e. The zero-order valence-electron chi connectivity index (χ0n) is 29.1. The highest BCUT2D eigenvalue weighted by Crippen LogP contribution is 2.25. The predicted molar refractivity (Wildman–Crippen MR) is 188 cm³/mol. The molecule has 3 heterocycles. The van der Waals surface area contributed by atoms with Gasteiger partial charge in [-0.15, -0.1) is 0 Å². The molecule has 12 heteroatoms. The largest absolute Gasteiger partial charge is 0.417 e. The molecule has 0 spiro atoms. The van der Waals surface area contributed by atoms with Gasteiger partial charge in [0, 0.05) is 36.7 Å². The third kappa shape index (κ3) is 9.33. The monoisotopic (exact) mass is 683 g/mol. The Morgan fingerprint density at radius 3 is 2.40 bits per heavy atom. The Kier molecular flexibility index (Phi) is 13.8. The predicted octanol–water partition coefficient (Wildman–Crippen LogP) is 4.15. The molecule has 2 fully saturated rings. The maximum absolute atomic E-state index is 14.1. The number of aromatic nitrogens is 1. The molecule has 3 N–H and O–H groups in total. The number of thioether (sulfide) groups is 1. The molecule has 0 bridgehead atoms. The molecular formula is C36H53N5O6S. The quantitative estimate of drug-likeness (QED) is 0.270. The minimum absolute atomic E-state index is 0.116. The summed E-state index contributed by atoms with van der Waals surface area (Å²) >= 11 is 1.38. The lowest BCUT2D eigenvalue weighted by Crippen LogP contribution is -2.64. The highest BCUT2D eigenvalue weighted by molar-refractivity contribution is 8.14. The van der Waals surface area contributed by atoms with Crippen LogP contribution >= 0.6 is 11.8 Å².